The quantitative estimate of drug-likeness (QED) is 0.325. The highest BCUT2D eigenvalue weighted by molar-refractivity contribution is 7.86. The second-order valence-electron chi connectivity index (χ2n) is 7.85. The number of ketones is 3. The zero-order chi connectivity index (χ0) is 23.7. The summed E-state index contributed by atoms with van der Waals surface area (Å²) in [7, 11) is -3.75. The van der Waals surface area contributed by atoms with Gasteiger partial charge < -0.3 is 20.1 Å². The van der Waals surface area contributed by atoms with Gasteiger partial charge in [0.15, 0.2) is 11.6 Å². The summed E-state index contributed by atoms with van der Waals surface area (Å²) >= 11 is 0. The first kappa shape index (κ1) is 21.9. The van der Waals surface area contributed by atoms with E-state index in [-0.39, 0.29) is 16.9 Å². The Kier molecular flexibility index (Phi) is 4.70. The van der Waals surface area contributed by atoms with E-state index in [1.165, 1.54) is 25.3 Å². The van der Waals surface area contributed by atoms with Crippen LogP contribution in [0.3, 0.4) is 0 Å². The maximum atomic E-state index is 13.3. The minimum Gasteiger partial charge on any atom is -0.507 e. The summed E-state index contributed by atoms with van der Waals surface area (Å²) in [6.07, 6.45) is -1.45. The fraction of sp³-hybridized carbons (Fsp3) is 0.286. The van der Waals surface area contributed by atoms with Crippen molar-refractivity contribution in [3.63, 3.8) is 0 Å². The molecule has 32 heavy (non-hydrogen) atoms. The first-order valence-electron chi connectivity index (χ1n) is 9.40. The minimum atomic E-state index is -5.02. The fourth-order valence-corrected chi connectivity index (χ4v) is 5.48. The molecule has 2 atom stereocenters. The number of hydrogen-bond acceptors (Lipinski definition) is 9. The van der Waals surface area contributed by atoms with Crippen molar-refractivity contribution in [2.45, 2.75) is 30.6 Å². The van der Waals surface area contributed by atoms with Crippen LogP contribution in [0.1, 0.15) is 61.6 Å². The van der Waals surface area contributed by atoms with Gasteiger partial charge in [0.05, 0.1) is 23.8 Å². The molecular formula is C21H18O10S. The Labute approximate surface area is 181 Å². The number of ether oxygens (including phenoxy) is 1. The van der Waals surface area contributed by atoms with Crippen molar-refractivity contribution >= 4 is 27.5 Å². The normalized spacial score (nSPS) is 22.1. The smallest absolute Gasteiger partial charge is 0.272 e. The molecule has 2 aliphatic carbocycles. The largest absolute Gasteiger partial charge is 0.507 e. The molecule has 0 aliphatic heterocycles. The Balaban J connectivity index is 2.11. The van der Waals surface area contributed by atoms with Crippen molar-refractivity contribution in [2.75, 3.05) is 7.11 Å². The van der Waals surface area contributed by atoms with E-state index in [4.69, 9.17) is 4.74 Å². The summed E-state index contributed by atoms with van der Waals surface area (Å²) in [5.74, 6) is -4.34. The maximum absolute atomic E-state index is 13.3. The predicted octanol–water partition coefficient (Wildman–Crippen LogP) is 1.08. The lowest BCUT2D eigenvalue weighted by atomic mass is 9.73. The van der Waals surface area contributed by atoms with Gasteiger partial charge in [-0.1, -0.05) is 12.1 Å². The molecule has 0 spiro atoms. The highest BCUT2D eigenvalue weighted by Gasteiger charge is 2.50. The first-order chi connectivity index (χ1) is 14.8. The van der Waals surface area contributed by atoms with E-state index < -0.39 is 84.9 Å². The molecule has 0 fully saturated rings. The van der Waals surface area contributed by atoms with Crippen molar-refractivity contribution in [1.82, 2.24) is 0 Å². The number of aromatic hydroxyl groups is 2. The average Bonchev–Trinajstić information content (AvgIpc) is 2.72. The number of fused-ring (bicyclic) bond motifs is 3. The second-order valence-corrected chi connectivity index (χ2v) is 9.45. The summed E-state index contributed by atoms with van der Waals surface area (Å²) in [5.41, 5.74) is -4.79. The van der Waals surface area contributed by atoms with Gasteiger partial charge in [0.1, 0.15) is 28.1 Å². The van der Waals surface area contributed by atoms with Crippen LogP contribution in [-0.4, -0.2) is 58.4 Å². The van der Waals surface area contributed by atoms with Crippen LogP contribution in [0.15, 0.2) is 18.2 Å². The van der Waals surface area contributed by atoms with Gasteiger partial charge >= 0.3 is 0 Å². The molecule has 0 radical (unpaired) electrons. The van der Waals surface area contributed by atoms with Crippen LogP contribution in [0.2, 0.25) is 0 Å². The minimum absolute atomic E-state index is 0.0281. The van der Waals surface area contributed by atoms with Gasteiger partial charge in [0.2, 0.25) is 5.78 Å². The molecule has 0 amide bonds. The van der Waals surface area contributed by atoms with Crippen molar-refractivity contribution in [3.05, 3.63) is 51.6 Å². The summed E-state index contributed by atoms with van der Waals surface area (Å²) in [6.45, 7) is 0.999. The molecule has 2 aliphatic rings. The number of aliphatic hydroxyl groups is 1. The molecule has 4 N–H and O–H groups in total. The Morgan fingerprint density at radius 2 is 1.72 bits per heavy atom. The number of phenolic OH excluding ortho intramolecular Hbond substituents is 2. The summed E-state index contributed by atoms with van der Waals surface area (Å²) < 4.78 is 39.1. The van der Waals surface area contributed by atoms with Gasteiger partial charge in [-0.3, -0.25) is 18.9 Å². The van der Waals surface area contributed by atoms with Gasteiger partial charge in [-0.15, -0.1) is 0 Å². The first-order valence-corrected chi connectivity index (χ1v) is 10.9. The fourth-order valence-electron chi connectivity index (χ4n) is 4.44. The number of hydrogen-bond donors (Lipinski definition) is 4. The van der Waals surface area contributed by atoms with Crippen LogP contribution >= 0.6 is 0 Å². The van der Waals surface area contributed by atoms with Crippen LogP contribution in [-0.2, 0) is 21.3 Å². The summed E-state index contributed by atoms with van der Waals surface area (Å²) in [5, 5.41) is 30.6. The molecule has 4 rings (SSSR count). The summed E-state index contributed by atoms with van der Waals surface area (Å²) in [4.78, 5) is 38.5. The number of carbonyl (C=O) groups is 3. The van der Waals surface area contributed by atoms with E-state index >= 15 is 0 Å². The molecule has 11 heteroatoms. The van der Waals surface area contributed by atoms with Crippen molar-refractivity contribution in [3.8, 4) is 17.2 Å². The van der Waals surface area contributed by atoms with Gasteiger partial charge in [-0.05, 0) is 13.0 Å². The molecule has 0 saturated carbocycles. The van der Waals surface area contributed by atoms with Crippen LogP contribution in [0.5, 0.6) is 17.2 Å². The van der Waals surface area contributed by atoms with Crippen LogP contribution in [0.4, 0.5) is 0 Å². The molecule has 0 aromatic heterocycles. The molecule has 0 saturated heterocycles. The third kappa shape index (κ3) is 2.85. The molecule has 2 aromatic carbocycles. The topological polar surface area (TPSA) is 176 Å². The van der Waals surface area contributed by atoms with Crippen molar-refractivity contribution in [1.29, 1.82) is 0 Å². The van der Waals surface area contributed by atoms with Crippen LogP contribution < -0.4 is 4.74 Å². The number of phenols is 2. The molecule has 0 unspecified atom stereocenters. The zero-order valence-corrected chi connectivity index (χ0v) is 17.7. The predicted molar refractivity (Wildman–Crippen MR) is 108 cm³/mol. The molecular weight excluding hydrogens is 444 g/mol. The highest BCUT2D eigenvalue weighted by atomic mass is 32.2. The van der Waals surface area contributed by atoms with Crippen molar-refractivity contribution in [2.24, 2.45) is 0 Å². The lowest BCUT2D eigenvalue weighted by Crippen LogP contribution is -2.45. The van der Waals surface area contributed by atoms with Crippen LogP contribution in [0.25, 0.3) is 0 Å². The zero-order valence-electron chi connectivity index (χ0n) is 16.9. The van der Waals surface area contributed by atoms with Gasteiger partial charge in [0, 0.05) is 29.5 Å². The van der Waals surface area contributed by atoms with E-state index in [1.54, 1.807) is 0 Å². The van der Waals surface area contributed by atoms with Gasteiger partial charge in [-0.2, -0.15) is 8.42 Å². The molecule has 2 aromatic rings. The summed E-state index contributed by atoms with van der Waals surface area (Å²) in [6, 6.07) is 4.19. The number of carbonyl (C=O) groups excluding carboxylic acids is 3. The maximum Gasteiger partial charge on any atom is 0.272 e. The SMILES string of the molecule is COc1cccc2c1C(=O)c1c(O)c3c(c(O)c1C2=O)C[C@@](O)(C(C)=O)C[C@@H]3S(=O)(=O)O. The Bertz CT molecular complexity index is 1340. The number of methoxy groups -OCH3 is 1. The molecule has 0 bridgehead atoms. The van der Waals surface area contributed by atoms with Crippen LogP contribution in [0, 0.1) is 0 Å². The number of rotatable bonds is 3. The lowest BCUT2D eigenvalue weighted by molar-refractivity contribution is -0.136. The molecule has 10 nitrogen and oxygen atoms in total. The Morgan fingerprint density at radius 3 is 2.28 bits per heavy atom. The lowest BCUT2D eigenvalue weighted by Gasteiger charge is -2.37. The standard InChI is InChI=1S/C21H18O10S/c1-8(22)21(27)6-10-14(12(7-21)32(28,29)30)20(26)16-15(18(10)24)17(23)9-4-3-5-11(31-2)13(9)19(16)25/h3-5,12,24,26-27H,6-7H2,1-2H3,(H,28,29,30)/t12-,21-/m0/s1. The van der Waals surface area contributed by atoms with E-state index in [0.717, 1.165) is 6.92 Å². The third-order valence-electron chi connectivity index (χ3n) is 6.09. The average molecular weight is 462 g/mol. The number of Topliss-reactive ketones (excluding diaryl/α,β-unsaturated/α-hetero) is 1. The van der Waals surface area contributed by atoms with Crippen molar-refractivity contribution < 1.29 is 47.4 Å². The van der Waals surface area contributed by atoms with E-state index in [1.807, 2.05) is 0 Å². The van der Waals surface area contributed by atoms with E-state index in [9.17, 15) is 42.7 Å². The highest BCUT2D eigenvalue weighted by Crippen LogP contribution is 2.52. The third-order valence-corrected chi connectivity index (χ3v) is 7.21. The van der Waals surface area contributed by atoms with Gasteiger partial charge in [0.25, 0.3) is 10.1 Å². The Hall–Kier alpha value is -3.28. The Morgan fingerprint density at radius 1 is 1.09 bits per heavy atom. The van der Waals surface area contributed by atoms with Gasteiger partial charge in [-0.25, -0.2) is 0 Å². The second kappa shape index (κ2) is 6.86. The molecule has 0 heterocycles. The molecule has 168 valence electrons. The van der Waals surface area contributed by atoms with E-state index in [2.05, 4.69) is 0 Å². The number of benzene rings is 2. The monoisotopic (exact) mass is 462 g/mol. The van der Waals surface area contributed by atoms with E-state index in [0.29, 0.717) is 0 Å².